The third kappa shape index (κ3) is 3.08. The Morgan fingerprint density at radius 2 is 1.61 bits per heavy atom. The van der Waals surface area contributed by atoms with Gasteiger partial charge in [0.25, 0.3) is 5.91 Å². The van der Waals surface area contributed by atoms with Crippen LogP contribution in [0.4, 0.5) is 4.39 Å². The second kappa shape index (κ2) is 7.65. The predicted octanol–water partition coefficient (Wildman–Crippen LogP) is 4.11. The molecule has 4 N–H and O–H groups in total. The minimum absolute atomic E-state index is 0.145. The van der Waals surface area contributed by atoms with E-state index in [-0.39, 0.29) is 11.3 Å². The van der Waals surface area contributed by atoms with Gasteiger partial charge in [-0.05, 0) is 29.8 Å². The fourth-order valence-corrected chi connectivity index (χ4v) is 4.76. The number of alkyl halides is 1. The molecule has 8 heteroatoms. The Bertz CT molecular complexity index is 1400. The van der Waals surface area contributed by atoms with Crippen LogP contribution >= 0.6 is 11.6 Å². The van der Waals surface area contributed by atoms with E-state index < -0.39 is 28.4 Å². The summed E-state index contributed by atoms with van der Waals surface area (Å²) in [6.45, 7) is 0. The van der Waals surface area contributed by atoms with Crippen LogP contribution in [-0.2, 0) is 5.54 Å². The summed E-state index contributed by atoms with van der Waals surface area (Å²) in [5, 5.41) is 3.42. The fraction of sp³-hybridized carbons (Fsp3) is 0.0800. The van der Waals surface area contributed by atoms with Crippen molar-refractivity contribution in [3.05, 3.63) is 107 Å². The Morgan fingerprint density at radius 3 is 2.27 bits per heavy atom. The van der Waals surface area contributed by atoms with Crippen molar-refractivity contribution in [2.24, 2.45) is 11.5 Å². The standard InChI is InChI=1S/C25H18ClFN4O2/c26-22-18-9-5-4-8-17(18)21-19(25(22,29)23(32)14-6-2-1-3-7-14)20(24(28)33)30-31(21)16-12-10-15(27)11-13-16/h1-13,22H,29H2,(H2,28,33). The molecule has 0 fully saturated rings. The van der Waals surface area contributed by atoms with Crippen molar-refractivity contribution < 1.29 is 14.0 Å². The van der Waals surface area contributed by atoms with E-state index in [0.717, 1.165) is 0 Å². The zero-order valence-electron chi connectivity index (χ0n) is 17.2. The smallest absolute Gasteiger partial charge is 0.269 e. The molecular weight excluding hydrogens is 443 g/mol. The number of halogens is 2. The van der Waals surface area contributed by atoms with Crippen LogP contribution in [-0.4, -0.2) is 21.5 Å². The Morgan fingerprint density at radius 1 is 0.970 bits per heavy atom. The maximum atomic E-state index is 13.8. The molecule has 0 saturated carbocycles. The molecule has 0 saturated heterocycles. The number of carbonyl (C=O) groups excluding carboxylic acids is 2. The lowest BCUT2D eigenvalue weighted by Crippen LogP contribution is -2.51. The first-order valence-electron chi connectivity index (χ1n) is 10.2. The Hall–Kier alpha value is -3.81. The second-order valence-corrected chi connectivity index (χ2v) is 8.28. The molecule has 0 radical (unpaired) electrons. The maximum Gasteiger partial charge on any atom is 0.269 e. The van der Waals surface area contributed by atoms with Gasteiger partial charge >= 0.3 is 0 Å². The highest BCUT2D eigenvalue weighted by atomic mass is 35.5. The summed E-state index contributed by atoms with van der Waals surface area (Å²) in [5.41, 5.74) is 13.2. The van der Waals surface area contributed by atoms with Gasteiger partial charge in [-0.25, -0.2) is 9.07 Å². The molecule has 0 bridgehead atoms. The number of fused-ring (bicyclic) bond motifs is 3. The van der Waals surface area contributed by atoms with Gasteiger partial charge in [0.2, 0.25) is 0 Å². The van der Waals surface area contributed by atoms with Crippen molar-refractivity contribution >= 4 is 23.3 Å². The first-order chi connectivity index (χ1) is 15.8. The lowest BCUT2D eigenvalue weighted by atomic mass is 9.71. The summed E-state index contributed by atoms with van der Waals surface area (Å²) >= 11 is 6.90. The minimum Gasteiger partial charge on any atom is -0.364 e. The lowest BCUT2D eigenvalue weighted by Gasteiger charge is -2.38. The molecule has 1 amide bonds. The molecule has 1 heterocycles. The maximum absolute atomic E-state index is 13.8. The van der Waals surface area contributed by atoms with Crippen LogP contribution in [0.3, 0.4) is 0 Å². The van der Waals surface area contributed by atoms with Gasteiger partial charge in [-0.1, -0.05) is 54.6 Å². The molecule has 33 heavy (non-hydrogen) atoms. The molecule has 1 aliphatic rings. The summed E-state index contributed by atoms with van der Waals surface area (Å²) in [6.07, 6.45) is 0. The number of hydrogen-bond donors (Lipinski definition) is 2. The highest BCUT2D eigenvalue weighted by Crippen LogP contribution is 2.52. The highest BCUT2D eigenvalue weighted by Gasteiger charge is 2.53. The average molecular weight is 461 g/mol. The first-order valence-corrected chi connectivity index (χ1v) is 10.6. The van der Waals surface area contributed by atoms with Crippen molar-refractivity contribution in [2.75, 3.05) is 0 Å². The largest absolute Gasteiger partial charge is 0.364 e. The van der Waals surface area contributed by atoms with E-state index in [9.17, 15) is 14.0 Å². The number of ketones is 1. The van der Waals surface area contributed by atoms with Crippen molar-refractivity contribution in [3.63, 3.8) is 0 Å². The molecule has 4 aromatic rings. The van der Waals surface area contributed by atoms with Gasteiger partial charge in [-0.2, -0.15) is 5.10 Å². The lowest BCUT2D eigenvalue weighted by molar-refractivity contribution is 0.0878. The minimum atomic E-state index is -1.84. The zero-order chi connectivity index (χ0) is 23.3. The van der Waals surface area contributed by atoms with Gasteiger partial charge in [0.15, 0.2) is 11.5 Å². The van der Waals surface area contributed by atoms with E-state index in [1.165, 1.54) is 28.9 Å². The molecule has 164 valence electrons. The molecule has 6 nitrogen and oxygen atoms in total. The Labute approximate surface area is 193 Å². The third-order valence-corrected chi connectivity index (χ3v) is 6.48. The number of Topliss-reactive ketones (excluding diaryl/α,β-unsaturated/α-hetero) is 1. The summed E-state index contributed by atoms with van der Waals surface area (Å²) in [5.74, 6) is -1.75. The van der Waals surface area contributed by atoms with E-state index in [0.29, 0.717) is 28.1 Å². The summed E-state index contributed by atoms with van der Waals surface area (Å²) in [4.78, 5) is 26.3. The number of aromatic nitrogens is 2. The SMILES string of the molecule is NC(=O)c1nn(-c2ccc(F)cc2)c2c1C(N)(C(=O)c1ccccc1)C(Cl)c1ccccc1-2. The summed E-state index contributed by atoms with van der Waals surface area (Å²) in [7, 11) is 0. The predicted molar refractivity (Wildman–Crippen MR) is 123 cm³/mol. The number of nitrogens with zero attached hydrogens (tertiary/aromatic N) is 2. The van der Waals surface area contributed by atoms with Crippen LogP contribution in [0.2, 0.25) is 0 Å². The Balaban J connectivity index is 1.88. The van der Waals surface area contributed by atoms with Crippen LogP contribution in [0.5, 0.6) is 0 Å². The molecule has 5 rings (SSSR count). The topological polar surface area (TPSA) is 104 Å². The van der Waals surface area contributed by atoms with Crippen LogP contribution in [0, 0.1) is 5.82 Å². The number of rotatable bonds is 4. The van der Waals surface area contributed by atoms with Gasteiger partial charge in [-0.15, -0.1) is 11.6 Å². The molecule has 2 unspecified atom stereocenters. The third-order valence-electron chi connectivity index (χ3n) is 5.90. The van der Waals surface area contributed by atoms with Crippen molar-refractivity contribution in [1.29, 1.82) is 0 Å². The highest BCUT2D eigenvalue weighted by molar-refractivity contribution is 6.27. The molecule has 2 atom stereocenters. The molecular formula is C25H18ClFN4O2. The number of benzene rings is 3. The van der Waals surface area contributed by atoms with Gasteiger partial charge in [0.05, 0.1) is 16.8 Å². The van der Waals surface area contributed by atoms with Crippen molar-refractivity contribution in [1.82, 2.24) is 9.78 Å². The van der Waals surface area contributed by atoms with Gasteiger partial charge in [0, 0.05) is 16.7 Å². The van der Waals surface area contributed by atoms with Gasteiger partial charge < -0.3 is 11.5 Å². The molecule has 0 aliphatic heterocycles. The number of primary amides is 1. The quantitative estimate of drug-likeness (QED) is 0.353. The van der Waals surface area contributed by atoms with E-state index in [2.05, 4.69) is 5.10 Å². The van der Waals surface area contributed by atoms with Gasteiger partial charge in [-0.3, -0.25) is 9.59 Å². The van der Waals surface area contributed by atoms with Crippen LogP contribution < -0.4 is 11.5 Å². The van der Waals surface area contributed by atoms with E-state index in [4.69, 9.17) is 23.1 Å². The summed E-state index contributed by atoms with van der Waals surface area (Å²) in [6, 6.07) is 21.2. The first kappa shape index (κ1) is 21.1. The summed E-state index contributed by atoms with van der Waals surface area (Å²) < 4.78 is 15.1. The average Bonchev–Trinajstić information content (AvgIpc) is 3.25. The monoisotopic (exact) mass is 460 g/mol. The van der Waals surface area contributed by atoms with Crippen LogP contribution in [0.15, 0.2) is 78.9 Å². The molecule has 3 aromatic carbocycles. The van der Waals surface area contributed by atoms with Crippen molar-refractivity contribution in [2.45, 2.75) is 10.9 Å². The fourth-order valence-electron chi connectivity index (χ4n) is 4.36. The molecule has 1 aromatic heterocycles. The number of nitrogens with two attached hydrogens (primary N) is 2. The molecule has 1 aliphatic carbocycles. The van der Waals surface area contributed by atoms with Crippen molar-refractivity contribution in [3.8, 4) is 16.9 Å². The normalized spacial score (nSPS) is 18.9. The van der Waals surface area contributed by atoms with Crippen LogP contribution in [0.25, 0.3) is 16.9 Å². The van der Waals surface area contributed by atoms with E-state index >= 15 is 0 Å². The van der Waals surface area contributed by atoms with E-state index in [1.54, 1.807) is 48.5 Å². The van der Waals surface area contributed by atoms with E-state index in [1.807, 2.05) is 6.07 Å². The Kier molecular flexibility index (Phi) is 4.88. The zero-order valence-corrected chi connectivity index (χ0v) is 18.0. The number of hydrogen-bond acceptors (Lipinski definition) is 4. The number of carbonyl (C=O) groups is 2. The van der Waals surface area contributed by atoms with Crippen LogP contribution in [0.1, 0.15) is 37.4 Å². The number of amides is 1. The molecule has 0 spiro atoms. The van der Waals surface area contributed by atoms with Gasteiger partial charge in [0.1, 0.15) is 11.4 Å². The second-order valence-electron chi connectivity index (χ2n) is 7.84.